The Morgan fingerprint density at radius 3 is 2.86 bits per heavy atom. The van der Waals surface area contributed by atoms with Crippen LogP contribution in [0.5, 0.6) is 0 Å². The van der Waals surface area contributed by atoms with Crippen LogP contribution in [0.2, 0.25) is 0 Å². The SMILES string of the molecule is CC(N=C1NS(=O)(=O)c2ccccc21)C(=O)N1CC[C@@H](N)C1. The van der Waals surface area contributed by atoms with Gasteiger partial charge in [0.15, 0.2) is 0 Å². The molecule has 7 nitrogen and oxygen atoms in total. The van der Waals surface area contributed by atoms with Crippen LogP contribution in [-0.2, 0) is 14.8 Å². The average Bonchev–Trinajstić information content (AvgIpc) is 3.01. The minimum atomic E-state index is -3.58. The molecular weight excluding hydrogens is 304 g/mol. The summed E-state index contributed by atoms with van der Waals surface area (Å²) in [5, 5.41) is 0. The van der Waals surface area contributed by atoms with E-state index in [2.05, 4.69) is 9.71 Å². The Hall–Kier alpha value is -1.93. The summed E-state index contributed by atoms with van der Waals surface area (Å²) in [6.07, 6.45) is 0.782. The Labute approximate surface area is 129 Å². The molecule has 118 valence electrons. The summed E-state index contributed by atoms with van der Waals surface area (Å²) in [5.74, 6) is 0.0870. The molecule has 3 rings (SSSR count). The molecule has 0 saturated carbocycles. The highest BCUT2D eigenvalue weighted by molar-refractivity contribution is 7.90. The third-order valence-corrected chi connectivity index (χ3v) is 5.28. The molecule has 1 unspecified atom stereocenters. The number of hydrogen-bond acceptors (Lipinski definition) is 5. The molecule has 0 aliphatic carbocycles. The molecule has 0 spiro atoms. The van der Waals surface area contributed by atoms with Crippen molar-refractivity contribution in [3.8, 4) is 0 Å². The van der Waals surface area contributed by atoms with Crippen LogP contribution < -0.4 is 10.5 Å². The Morgan fingerprint density at radius 2 is 2.18 bits per heavy atom. The lowest BCUT2D eigenvalue weighted by atomic mass is 10.2. The molecule has 2 atom stereocenters. The number of amidine groups is 1. The molecule has 3 N–H and O–H groups in total. The summed E-state index contributed by atoms with van der Waals surface area (Å²) in [6.45, 7) is 2.81. The second-order valence-corrected chi connectivity index (χ2v) is 7.24. The largest absolute Gasteiger partial charge is 0.339 e. The second-order valence-electron chi connectivity index (χ2n) is 5.59. The van der Waals surface area contributed by atoms with Crippen LogP contribution in [0.15, 0.2) is 34.2 Å². The van der Waals surface area contributed by atoms with Crippen molar-refractivity contribution >= 4 is 21.8 Å². The van der Waals surface area contributed by atoms with E-state index >= 15 is 0 Å². The topological polar surface area (TPSA) is 105 Å². The number of benzene rings is 1. The van der Waals surface area contributed by atoms with Gasteiger partial charge in [0.2, 0.25) is 5.91 Å². The van der Waals surface area contributed by atoms with E-state index in [1.807, 2.05) is 0 Å². The molecule has 1 aromatic rings. The first-order valence-corrected chi connectivity index (χ1v) is 8.61. The molecule has 22 heavy (non-hydrogen) atoms. The van der Waals surface area contributed by atoms with Crippen molar-refractivity contribution in [3.63, 3.8) is 0 Å². The maximum atomic E-state index is 12.3. The number of nitrogens with zero attached hydrogens (tertiary/aromatic N) is 2. The van der Waals surface area contributed by atoms with E-state index in [0.717, 1.165) is 6.42 Å². The maximum Gasteiger partial charge on any atom is 0.263 e. The molecule has 1 aromatic carbocycles. The first kappa shape index (κ1) is 15.0. The fourth-order valence-electron chi connectivity index (χ4n) is 2.73. The van der Waals surface area contributed by atoms with Crippen molar-refractivity contribution in [2.45, 2.75) is 30.3 Å². The van der Waals surface area contributed by atoms with Crippen molar-refractivity contribution < 1.29 is 13.2 Å². The molecule has 2 aliphatic rings. The highest BCUT2D eigenvalue weighted by Gasteiger charge is 2.32. The fourth-order valence-corrected chi connectivity index (χ4v) is 3.97. The number of rotatable bonds is 2. The first-order chi connectivity index (χ1) is 10.4. The van der Waals surface area contributed by atoms with Gasteiger partial charge in [0.1, 0.15) is 11.9 Å². The van der Waals surface area contributed by atoms with Gasteiger partial charge in [-0.15, -0.1) is 0 Å². The number of hydrogen-bond donors (Lipinski definition) is 2. The minimum absolute atomic E-state index is 0.00881. The minimum Gasteiger partial charge on any atom is -0.339 e. The van der Waals surface area contributed by atoms with Gasteiger partial charge in [0.05, 0.1) is 4.90 Å². The summed E-state index contributed by atoms with van der Waals surface area (Å²) in [4.78, 5) is 18.5. The number of fused-ring (bicyclic) bond motifs is 1. The molecule has 0 aromatic heterocycles. The fraction of sp³-hybridized carbons (Fsp3) is 0.429. The number of amides is 1. The number of sulfonamides is 1. The third kappa shape index (κ3) is 2.59. The van der Waals surface area contributed by atoms with Gasteiger partial charge < -0.3 is 10.6 Å². The first-order valence-electron chi connectivity index (χ1n) is 7.13. The van der Waals surface area contributed by atoms with Gasteiger partial charge in [0, 0.05) is 24.7 Å². The molecule has 0 radical (unpaired) electrons. The van der Waals surface area contributed by atoms with E-state index in [1.54, 1.807) is 30.0 Å². The van der Waals surface area contributed by atoms with E-state index in [0.29, 0.717) is 18.7 Å². The van der Waals surface area contributed by atoms with Crippen LogP contribution in [0.3, 0.4) is 0 Å². The van der Waals surface area contributed by atoms with Crippen molar-refractivity contribution in [3.05, 3.63) is 29.8 Å². The molecule has 8 heteroatoms. The molecule has 2 heterocycles. The summed E-state index contributed by atoms with van der Waals surface area (Å²) < 4.78 is 26.4. The van der Waals surface area contributed by atoms with Crippen LogP contribution in [0.25, 0.3) is 0 Å². The van der Waals surface area contributed by atoms with E-state index in [1.165, 1.54) is 6.07 Å². The molecule has 0 bridgehead atoms. The van der Waals surface area contributed by atoms with Gasteiger partial charge in [-0.3, -0.25) is 14.5 Å². The van der Waals surface area contributed by atoms with E-state index < -0.39 is 16.1 Å². The zero-order valence-corrected chi connectivity index (χ0v) is 13.0. The van der Waals surface area contributed by atoms with Gasteiger partial charge in [-0.25, -0.2) is 8.42 Å². The summed E-state index contributed by atoms with van der Waals surface area (Å²) in [5.41, 5.74) is 6.30. The smallest absolute Gasteiger partial charge is 0.263 e. The number of carbonyl (C=O) groups is 1. The zero-order chi connectivity index (χ0) is 15.9. The molecule has 1 fully saturated rings. The summed E-state index contributed by atoms with van der Waals surface area (Å²) in [7, 11) is -3.58. The highest BCUT2D eigenvalue weighted by atomic mass is 32.2. The predicted octanol–water partition coefficient (Wildman–Crippen LogP) is -0.327. The number of likely N-dealkylation sites (tertiary alicyclic amines) is 1. The van der Waals surface area contributed by atoms with Gasteiger partial charge in [-0.1, -0.05) is 12.1 Å². The highest BCUT2D eigenvalue weighted by Crippen LogP contribution is 2.22. The Bertz CT molecular complexity index is 744. The summed E-state index contributed by atoms with van der Waals surface area (Å²) >= 11 is 0. The lowest BCUT2D eigenvalue weighted by molar-refractivity contribution is -0.131. The van der Waals surface area contributed by atoms with Crippen molar-refractivity contribution in [1.29, 1.82) is 0 Å². The average molecular weight is 322 g/mol. The molecule has 1 saturated heterocycles. The van der Waals surface area contributed by atoms with E-state index in [4.69, 9.17) is 5.73 Å². The van der Waals surface area contributed by atoms with Gasteiger partial charge in [-0.05, 0) is 25.5 Å². The standard InChI is InChI=1S/C14H18N4O3S/c1-9(14(19)18-7-6-10(15)8-18)16-13-11-4-2-3-5-12(11)22(20,21)17-13/h2-5,9-10H,6-8,15H2,1H3,(H,16,17)/t9?,10-/m1/s1. The zero-order valence-electron chi connectivity index (χ0n) is 12.2. The molecular formula is C14H18N4O3S. The van der Waals surface area contributed by atoms with Crippen LogP contribution in [0.4, 0.5) is 0 Å². The normalized spacial score (nSPS) is 25.8. The van der Waals surface area contributed by atoms with Crippen LogP contribution in [0, 0.1) is 0 Å². The van der Waals surface area contributed by atoms with Crippen molar-refractivity contribution in [2.24, 2.45) is 10.7 Å². The second kappa shape index (κ2) is 5.36. The predicted molar refractivity (Wildman–Crippen MR) is 81.9 cm³/mol. The third-order valence-electron chi connectivity index (χ3n) is 3.88. The van der Waals surface area contributed by atoms with Gasteiger partial charge in [0.25, 0.3) is 10.0 Å². The van der Waals surface area contributed by atoms with Crippen LogP contribution in [-0.4, -0.2) is 50.2 Å². The van der Waals surface area contributed by atoms with E-state index in [9.17, 15) is 13.2 Å². The number of carbonyl (C=O) groups excluding carboxylic acids is 1. The quantitative estimate of drug-likeness (QED) is 0.778. The Balaban J connectivity index is 1.85. The van der Waals surface area contributed by atoms with Crippen LogP contribution >= 0.6 is 0 Å². The number of nitrogens with two attached hydrogens (primary N) is 1. The Morgan fingerprint density at radius 1 is 1.45 bits per heavy atom. The van der Waals surface area contributed by atoms with Crippen LogP contribution in [0.1, 0.15) is 18.9 Å². The summed E-state index contributed by atoms with van der Waals surface area (Å²) in [6, 6.07) is 5.94. The molecule has 1 amide bonds. The lowest BCUT2D eigenvalue weighted by Crippen LogP contribution is -2.38. The van der Waals surface area contributed by atoms with Gasteiger partial charge in [-0.2, -0.15) is 0 Å². The van der Waals surface area contributed by atoms with Crippen molar-refractivity contribution in [1.82, 2.24) is 9.62 Å². The lowest BCUT2D eigenvalue weighted by Gasteiger charge is -2.18. The van der Waals surface area contributed by atoms with Gasteiger partial charge >= 0.3 is 0 Å². The Kier molecular flexibility index (Phi) is 3.65. The van der Waals surface area contributed by atoms with Crippen molar-refractivity contribution in [2.75, 3.05) is 13.1 Å². The number of aliphatic imine (C=N–C) groups is 1. The van der Waals surface area contributed by atoms with E-state index in [-0.39, 0.29) is 22.7 Å². The number of nitrogens with one attached hydrogen (secondary N) is 1. The maximum absolute atomic E-state index is 12.3. The molecule has 2 aliphatic heterocycles. The monoisotopic (exact) mass is 322 g/mol.